The molecule has 1 aliphatic rings. The van der Waals surface area contributed by atoms with Crippen LogP contribution in [0.4, 0.5) is 0 Å². The lowest BCUT2D eigenvalue weighted by Crippen LogP contribution is -2.34. The molecule has 112 valence electrons. The minimum atomic E-state index is 0.482. The summed E-state index contributed by atoms with van der Waals surface area (Å²) in [6.07, 6.45) is 4.45. The Balaban J connectivity index is 1.73. The molecule has 1 nitrogen and oxygen atoms in total. The number of hydrogen-bond acceptors (Lipinski definition) is 2. The van der Waals surface area contributed by atoms with E-state index in [4.69, 9.17) is 4.74 Å². The molecule has 1 aliphatic carbocycles. The van der Waals surface area contributed by atoms with Crippen molar-refractivity contribution in [1.29, 1.82) is 0 Å². The Labute approximate surface area is 128 Å². The van der Waals surface area contributed by atoms with Crippen LogP contribution >= 0.6 is 11.8 Å². The summed E-state index contributed by atoms with van der Waals surface area (Å²) in [6, 6.07) is 10.6. The summed E-state index contributed by atoms with van der Waals surface area (Å²) >= 11 is 1.89. The van der Waals surface area contributed by atoms with E-state index in [0.717, 1.165) is 30.1 Å². The molecule has 1 aromatic rings. The average Bonchev–Trinajstić information content (AvgIpc) is 2.44. The third-order valence-corrected chi connectivity index (χ3v) is 5.36. The molecule has 2 rings (SSSR count). The van der Waals surface area contributed by atoms with Crippen LogP contribution in [0.3, 0.4) is 0 Å². The van der Waals surface area contributed by atoms with Gasteiger partial charge in [-0.2, -0.15) is 0 Å². The zero-order valence-corrected chi connectivity index (χ0v) is 13.9. The van der Waals surface area contributed by atoms with Crippen LogP contribution in [-0.2, 0) is 4.74 Å². The first-order valence-electron chi connectivity index (χ1n) is 7.96. The summed E-state index contributed by atoms with van der Waals surface area (Å²) in [6.45, 7) is 7.93. The predicted octanol–water partition coefficient (Wildman–Crippen LogP) is 5.26. The lowest BCUT2D eigenvalue weighted by molar-refractivity contribution is -0.0316. The number of hydrogen-bond donors (Lipinski definition) is 0. The average molecular weight is 292 g/mol. The Morgan fingerprint density at radius 2 is 1.95 bits per heavy atom. The largest absolute Gasteiger partial charge is 0.377 e. The molecule has 0 amide bonds. The van der Waals surface area contributed by atoms with Crippen LogP contribution in [0.5, 0.6) is 0 Å². The van der Waals surface area contributed by atoms with Crippen molar-refractivity contribution in [2.45, 2.75) is 51.0 Å². The van der Waals surface area contributed by atoms with Crippen molar-refractivity contribution >= 4 is 11.8 Å². The highest BCUT2D eigenvalue weighted by Gasteiger charge is 2.31. The zero-order valence-electron chi connectivity index (χ0n) is 13.0. The fraction of sp³-hybridized carbons (Fsp3) is 0.667. The fourth-order valence-corrected chi connectivity index (χ4v) is 3.95. The molecule has 0 heterocycles. The minimum Gasteiger partial charge on any atom is -0.377 e. The first-order valence-corrected chi connectivity index (χ1v) is 8.95. The maximum Gasteiger partial charge on any atom is 0.0608 e. The summed E-state index contributed by atoms with van der Waals surface area (Å²) in [5.41, 5.74) is 0. The van der Waals surface area contributed by atoms with Crippen molar-refractivity contribution in [3.63, 3.8) is 0 Å². The molecule has 3 atom stereocenters. The third-order valence-electron chi connectivity index (χ3n) is 4.39. The Morgan fingerprint density at radius 1 is 1.20 bits per heavy atom. The second kappa shape index (κ2) is 8.09. The van der Waals surface area contributed by atoms with Crippen molar-refractivity contribution in [3.8, 4) is 0 Å². The molecule has 0 N–H and O–H groups in total. The standard InChI is InChI=1S/C18H28OS/c1-14(2)17-10-9-15(3)13-18(17)19-11-12-20-16-7-5-4-6-8-16/h4-8,14-15,17-18H,9-13H2,1-3H3. The fourth-order valence-electron chi connectivity index (χ4n) is 3.18. The first-order chi connectivity index (χ1) is 9.66. The van der Waals surface area contributed by atoms with Crippen molar-refractivity contribution in [2.75, 3.05) is 12.4 Å². The summed E-state index contributed by atoms with van der Waals surface area (Å²) < 4.78 is 6.23. The molecular weight excluding hydrogens is 264 g/mol. The van der Waals surface area contributed by atoms with E-state index in [0.29, 0.717) is 6.10 Å². The molecule has 0 radical (unpaired) electrons. The highest BCUT2D eigenvalue weighted by molar-refractivity contribution is 7.99. The van der Waals surface area contributed by atoms with Gasteiger partial charge in [-0.3, -0.25) is 0 Å². The van der Waals surface area contributed by atoms with E-state index >= 15 is 0 Å². The number of benzene rings is 1. The van der Waals surface area contributed by atoms with Gasteiger partial charge < -0.3 is 4.74 Å². The van der Waals surface area contributed by atoms with Gasteiger partial charge in [0.1, 0.15) is 0 Å². The van der Waals surface area contributed by atoms with Crippen molar-refractivity contribution in [1.82, 2.24) is 0 Å². The number of rotatable bonds is 6. The molecule has 0 spiro atoms. The summed E-state index contributed by atoms with van der Waals surface area (Å²) in [5.74, 6) is 3.39. The smallest absolute Gasteiger partial charge is 0.0608 e. The van der Waals surface area contributed by atoms with Gasteiger partial charge in [0.15, 0.2) is 0 Å². The van der Waals surface area contributed by atoms with Gasteiger partial charge in [0.2, 0.25) is 0 Å². The van der Waals surface area contributed by atoms with E-state index in [9.17, 15) is 0 Å². The molecule has 20 heavy (non-hydrogen) atoms. The molecule has 1 fully saturated rings. The van der Waals surface area contributed by atoms with E-state index in [2.05, 4.69) is 51.1 Å². The van der Waals surface area contributed by atoms with Crippen LogP contribution in [0.2, 0.25) is 0 Å². The van der Waals surface area contributed by atoms with E-state index in [1.165, 1.54) is 24.2 Å². The van der Waals surface area contributed by atoms with Crippen LogP contribution in [0.15, 0.2) is 35.2 Å². The molecule has 0 bridgehead atoms. The van der Waals surface area contributed by atoms with Crippen molar-refractivity contribution in [2.24, 2.45) is 17.8 Å². The quantitative estimate of drug-likeness (QED) is 0.522. The molecule has 1 aromatic carbocycles. The van der Waals surface area contributed by atoms with Crippen LogP contribution in [0.25, 0.3) is 0 Å². The molecule has 0 aromatic heterocycles. The van der Waals surface area contributed by atoms with Crippen LogP contribution in [0, 0.1) is 17.8 Å². The normalized spacial score (nSPS) is 26.9. The zero-order chi connectivity index (χ0) is 14.4. The number of ether oxygens (including phenoxy) is 1. The Morgan fingerprint density at radius 3 is 2.65 bits per heavy atom. The van der Waals surface area contributed by atoms with Gasteiger partial charge in [-0.15, -0.1) is 11.8 Å². The summed E-state index contributed by atoms with van der Waals surface area (Å²) in [7, 11) is 0. The van der Waals surface area contributed by atoms with E-state index < -0.39 is 0 Å². The second-order valence-electron chi connectivity index (χ2n) is 6.40. The van der Waals surface area contributed by atoms with Gasteiger partial charge in [0.05, 0.1) is 12.7 Å². The third kappa shape index (κ3) is 4.82. The Hall–Kier alpha value is -0.470. The summed E-state index contributed by atoms with van der Waals surface area (Å²) in [5, 5.41) is 0. The molecular formula is C18H28OS. The van der Waals surface area contributed by atoms with Gasteiger partial charge in [-0.05, 0) is 42.7 Å². The number of thioether (sulfide) groups is 1. The SMILES string of the molecule is CC1CCC(C(C)C)C(OCCSc2ccccc2)C1. The monoisotopic (exact) mass is 292 g/mol. The van der Waals surface area contributed by atoms with E-state index in [1.807, 2.05) is 11.8 Å². The van der Waals surface area contributed by atoms with Crippen molar-refractivity contribution in [3.05, 3.63) is 30.3 Å². The maximum absolute atomic E-state index is 6.23. The van der Waals surface area contributed by atoms with Gasteiger partial charge in [-0.25, -0.2) is 0 Å². The lowest BCUT2D eigenvalue weighted by atomic mass is 9.75. The predicted molar refractivity (Wildman–Crippen MR) is 88.2 cm³/mol. The van der Waals surface area contributed by atoms with Gasteiger partial charge in [0.25, 0.3) is 0 Å². The topological polar surface area (TPSA) is 9.23 Å². The lowest BCUT2D eigenvalue weighted by Gasteiger charge is -2.37. The van der Waals surface area contributed by atoms with Crippen LogP contribution in [0.1, 0.15) is 40.0 Å². The molecule has 3 unspecified atom stereocenters. The van der Waals surface area contributed by atoms with Crippen molar-refractivity contribution < 1.29 is 4.74 Å². The van der Waals surface area contributed by atoms with Crippen LogP contribution in [-0.4, -0.2) is 18.5 Å². The minimum absolute atomic E-state index is 0.482. The highest BCUT2D eigenvalue weighted by Crippen LogP contribution is 2.35. The van der Waals surface area contributed by atoms with Crippen LogP contribution < -0.4 is 0 Å². The highest BCUT2D eigenvalue weighted by atomic mass is 32.2. The Bertz CT molecular complexity index is 376. The van der Waals surface area contributed by atoms with Gasteiger partial charge >= 0.3 is 0 Å². The second-order valence-corrected chi connectivity index (χ2v) is 7.57. The Kier molecular flexibility index (Phi) is 6.44. The van der Waals surface area contributed by atoms with Gasteiger partial charge in [0, 0.05) is 10.6 Å². The maximum atomic E-state index is 6.23. The molecule has 2 heteroatoms. The molecule has 1 saturated carbocycles. The summed E-state index contributed by atoms with van der Waals surface area (Å²) in [4.78, 5) is 1.34. The molecule has 0 saturated heterocycles. The van der Waals surface area contributed by atoms with E-state index in [-0.39, 0.29) is 0 Å². The first kappa shape index (κ1) is 15.9. The van der Waals surface area contributed by atoms with Gasteiger partial charge in [-0.1, -0.05) is 45.4 Å². The van der Waals surface area contributed by atoms with E-state index in [1.54, 1.807) is 0 Å². The molecule has 0 aliphatic heterocycles.